The zero-order chi connectivity index (χ0) is 16.4. The molecule has 7 heteroatoms. The number of aryl methyl sites for hydroxylation is 1. The molecule has 2 aliphatic rings. The normalized spacial score (nSPS) is 24.2. The number of aromatic nitrogens is 2. The quantitative estimate of drug-likeness (QED) is 0.782. The first kappa shape index (κ1) is 16.0. The highest BCUT2D eigenvalue weighted by atomic mass is 16.5. The minimum absolute atomic E-state index is 0.0612. The van der Waals surface area contributed by atoms with Gasteiger partial charge in [-0.15, -0.1) is 0 Å². The molecule has 1 aromatic heterocycles. The number of hydrogen-bond donors (Lipinski definition) is 0. The average Bonchev–Trinajstić information content (AvgIpc) is 3.22. The SMILES string of the molecule is COCCN1CCC2(CCN(C(=O)Cn3ccnc3C)C2)C1=O. The smallest absolute Gasteiger partial charge is 0.242 e. The molecule has 7 nitrogen and oxygen atoms in total. The van der Waals surface area contributed by atoms with Crippen molar-refractivity contribution in [3.63, 3.8) is 0 Å². The van der Waals surface area contributed by atoms with Crippen LogP contribution in [0.5, 0.6) is 0 Å². The monoisotopic (exact) mass is 320 g/mol. The molecule has 3 rings (SSSR count). The molecule has 1 atom stereocenters. The first-order valence-electron chi connectivity index (χ1n) is 8.09. The summed E-state index contributed by atoms with van der Waals surface area (Å²) in [6.45, 7) is 5.35. The van der Waals surface area contributed by atoms with E-state index >= 15 is 0 Å². The van der Waals surface area contributed by atoms with E-state index in [2.05, 4.69) is 4.98 Å². The summed E-state index contributed by atoms with van der Waals surface area (Å²) in [6.07, 6.45) is 5.11. The van der Waals surface area contributed by atoms with E-state index in [1.807, 2.05) is 27.5 Å². The van der Waals surface area contributed by atoms with E-state index < -0.39 is 0 Å². The predicted molar refractivity (Wildman–Crippen MR) is 83.7 cm³/mol. The van der Waals surface area contributed by atoms with Crippen LogP contribution in [0.25, 0.3) is 0 Å². The standard InChI is InChI=1S/C16H24N4O3/c1-13-17-5-8-19(13)11-14(21)20-7-4-16(12-20)3-6-18(15(16)22)9-10-23-2/h5,8H,3-4,6-7,9-12H2,1-2H3. The van der Waals surface area contributed by atoms with Gasteiger partial charge in [-0.25, -0.2) is 4.98 Å². The van der Waals surface area contributed by atoms with E-state index in [-0.39, 0.29) is 17.2 Å². The molecule has 0 N–H and O–H groups in total. The average molecular weight is 320 g/mol. The fourth-order valence-corrected chi connectivity index (χ4v) is 3.59. The van der Waals surface area contributed by atoms with Crippen LogP contribution in [0.3, 0.4) is 0 Å². The van der Waals surface area contributed by atoms with Crippen LogP contribution in [0.1, 0.15) is 18.7 Å². The van der Waals surface area contributed by atoms with Crippen LogP contribution >= 0.6 is 0 Å². The number of carbonyl (C=O) groups is 2. The summed E-state index contributed by atoms with van der Waals surface area (Å²) in [7, 11) is 1.64. The van der Waals surface area contributed by atoms with Crippen molar-refractivity contribution in [3.8, 4) is 0 Å². The number of likely N-dealkylation sites (tertiary alicyclic amines) is 2. The third-order valence-electron chi connectivity index (χ3n) is 5.10. The second-order valence-corrected chi connectivity index (χ2v) is 6.48. The molecule has 0 bridgehead atoms. The Kier molecular flexibility index (Phi) is 4.39. The third kappa shape index (κ3) is 2.97. The van der Waals surface area contributed by atoms with Gasteiger partial charge in [0, 0.05) is 45.7 Å². The number of rotatable bonds is 5. The van der Waals surface area contributed by atoms with Gasteiger partial charge in [0.1, 0.15) is 12.4 Å². The first-order chi connectivity index (χ1) is 11.1. The number of carbonyl (C=O) groups excluding carboxylic acids is 2. The summed E-state index contributed by atoms with van der Waals surface area (Å²) >= 11 is 0. The van der Waals surface area contributed by atoms with Gasteiger partial charge in [-0.1, -0.05) is 0 Å². The maximum Gasteiger partial charge on any atom is 0.242 e. The molecule has 2 aliphatic heterocycles. The van der Waals surface area contributed by atoms with Crippen LogP contribution in [-0.2, 0) is 20.9 Å². The first-order valence-corrected chi connectivity index (χ1v) is 8.09. The van der Waals surface area contributed by atoms with Crippen molar-refractivity contribution in [2.75, 3.05) is 39.9 Å². The second-order valence-electron chi connectivity index (χ2n) is 6.48. The molecule has 3 heterocycles. The predicted octanol–water partition coefficient (Wildman–Crippen LogP) is 0.289. The Bertz CT molecular complexity index is 600. The summed E-state index contributed by atoms with van der Waals surface area (Å²) in [6, 6.07) is 0. The zero-order valence-corrected chi connectivity index (χ0v) is 13.8. The fraction of sp³-hybridized carbons (Fsp3) is 0.688. The molecule has 2 saturated heterocycles. The van der Waals surface area contributed by atoms with Crippen LogP contribution in [0.15, 0.2) is 12.4 Å². The molecule has 0 saturated carbocycles. The van der Waals surface area contributed by atoms with Crippen LogP contribution in [-0.4, -0.2) is 71.1 Å². The molecule has 1 unspecified atom stereocenters. The van der Waals surface area contributed by atoms with Crippen LogP contribution < -0.4 is 0 Å². The maximum absolute atomic E-state index is 12.7. The Balaban J connectivity index is 1.61. The number of imidazole rings is 1. The zero-order valence-electron chi connectivity index (χ0n) is 13.8. The summed E-state index contributed by atoms with van der Waals surface area (Å²) in [4.78, 5) is 33.0. The Hall–Kier alpha value is -1.89. The molecule has 0 aliphatic carbocycles. The van der Waals surface area contributed by atoms with Crippen molar-refractivity contribution in [1.82, 2.24) is 19.4 Å². The Morgan fingerprint density at radius 1 is 1.39 bits per heavy atom. The second kappa shape index (κ2) is 6.31. The number of nitrogens with zero attached hydrogens (tertiary/aromatic N) is 4. The van der Waals surface area contributed by atoms with Gasteiger partial charge < -0.3 is 19.1 Å². The van der Waals surface area contributed by atoms with Gasteiger partial charge in [0.25, 0.3) is 0 Å². The highest BCUT2D eigenvalue weighted by Crippen LogP contribution is 2.40. The molecule has 2 fully saturated rings. The topological polar surface area (TPSA) is 67.7 Å². The molecule has 1 aromatic rings. The maximum atomic E-state index is 12.7. The fourth-order valence-electron chi connectivity index (χ4n) is 3.59. The van der Waals surface area contributed by atoms with Crippen molar-refractivity contribution in [2.45, 2.75) is 26.3 Å². The molecule has 0 radical (unpaired) electrons. The van der Waals surface area contributed by atoms with Gasteiger partial charge in [0.05, 0.1) is 12.0 Å². The largest absolute Gasteiger partial charge is 0.383 e. The Labute approximate surface area is 136 Å². The van der Waals surface area contributed by atoms with E-state index in [9.17, 15) is 9.59 Å². The lowest BCUT2D eigenvalue weighted by molar-refractivity contribution is -0.137. The van der Waals surface area contributed by atoms with Crippen molar-refractivity contribution in [2.24, 2.45) is 5.41 Å². The number of methoxy groups -OCH3 is 1. The summed E-state index contributed by atoms with van der Waals surface area (Å²) in [5, 5.41) is 0. The van der Waals surface area contributed by atoms with Gasteiger partial charge in [0.2, 0.25) is 11.8 Å². The molecule has 126 valence electrons. The summed E-state index contributed by atoms with van der Waals surface area (Å²) < 4.78 is 6.91. The van der Waals surface area contributed by atoms with Crippen molar-refractivity contribution in [1.29, 1.82) is 0 Å². The number of ether oxygens (including phenoxy) is 1. The van der Waals surface area contributed by atoms with E-state index in [0.29, 0.717) is 32.8 Å². The third-order valence-corrected chi connectivity index (χ3v) is 5.10. The minimum atomic E-state index is -0.368. The van der Waals surface area contributed by atoms with E-state index in [4.69, 9.17) is 4.74 Å². The summed E-state index contributed by atoms with van der Waals surface area (Å²) in [5.74, 6) is 1.07. The van der Waals surface area contributed by atoms with Crippen LogP contribution in [0.2, 0.25) is 0 Å². The van der Waals surface area contributed by atoms with Crippen molar-refractivity contribution < 1.29 is 14.3 Å². The van der Waals surface area contributed by atoms with Gasteiger partial charge in [-0.3, -0.25) is 9.59 Å². The van der Waals surface area contributed by atoms with Gasteiger partial charge in [-0.2, -0.15) is 0 Å². The Morgan fingerprint density at radius 2 is 2.17 bits per heavy atom. The highest BCUT2D eigenvalue weighted by Gasteiger charge is 2.51. The molecule has 2 amide bonds. The lowest BCUT2D eigenvalue weighted by atomic mass is 9.85. The highest BCUT2D eigenvalue weighted by molar-refractivity contribution is 5.87. The van der Waals surface area contributed by atoms with Crippen molar-refractivity contribution >= 4 is 11.8 Å². The lowest BCUT2D eigenvalue weighted by Gasteiger charge is -2.23. The lowest BCUT2D eigenvalue weighted by Crippen LogP contribution is -2.40. The Morgan fingerprint density at radius 3 is 2.87 bits per heavy atom. The minimum Gasteiger partial charge on any atom is -0.383 e. The van der Waals surface area contributed by atoms with Crippen molar-refractivity contribution in [3.05, 3.63) is 18.2 Å². The van der Waals surface area contributed by atoms with Crippen LogP contribution in [0.4, 0.5) is 0 Å². The molecule has 0 aromatic carbocycles. The number of amides is 2. The molecule has 1 spiro atoms. The van der Waals surface area contributed by atoms with E-state index in [1.165, 1.54) is 0 Å². The van der Waals surface area contributed by atoms with Gasteiger partial charge in [-0.05, 0) is 19.8 Å². The van der Waals surface area contributed by atoms with Gasteiger partial charge in [0.15, 0.2) is 0 Å². The molecular formula is C16H24N4O3. The summed E-state index contributed by atoms with van der Waals surface area (Å²) in [5.41, 5.74) is -0.368. The molecular weight excluding hydrogens is 296 g/mol. The van der Waals surface area contributed by atoms with E-state index in [0.717, 1.165) is 25.2 Å². The number of hydrogen-bond acceptors (Lipinski definition) is 4. The van der Waals surface area contributed by atoms with Crippen LogP contribution in [0, 0.1) is 12.3 Å². The molecule has 23 heavy (non-hydrogen) atoms. The van der Waals surface area contributed by atoms with E-state index in [1.54, 1.807) is 13.3 Å². The van der Waals surface area contributed by atoms with Gasteiger partial charge >= 0.3 is 0 Å².